The van der Waals surface area contributed by atoms with Gasteiger partial charge in [-0.2, -0.15) is 0 Å². The van der Waals surface area contributed by atoms with E-state index in [2.05, 4.69) is 4.98 Å². The maximum atomic E-state index is 12.7. The van der Waals surface area contributed by atoms with Gasteiger partial charge in [-0.3, -0.25) is 9.36 Å². The molecule has 1 amide bonds. The van der Waals surface area contributed by atoms with Crippen molar-refractivity contribution in [3.63, 3.8) is 0 Å². The van der Waals surface area contributed by atoms with Crippen molar-refractivity contribution in [3.05, 3.63) is 64.6 Å². The maximum Gasteiger partial charge on any atom is 0.326 e. The second-order valence-electron chi connectivity index (χ2n) is 7.47. The third-order valence-electron chi connectivity index (χ3n) is 5.69. The number of fused-ring (bicyclic) bond motifs is 1. The van der Waals surface area contributed by atoms with Crippen molar-refractivity contribution in [2.45, 2.75) is 38.6 Å². The lowest BCUT2D eigenvalue weighted by Crippen LogP contribution is -2.40. The molecule has 0 saturated carbocycles. The van der Waals surface area contributed by atoms with Crippen LogP contribution in [0, 0.1) is 0 Å². The second kappa shape index (κ2) is 8.55. The Morgan fingerprint density at radius 3 is 2.62 bits per heavy atom. The highest BCUT2D eigenvalue weighted by molar-refractivity contribution is 5.77. The predicted octanol–water partition coefficient (Wildman–Crippen LogP) is 3.52. The first-order valence-electron chi connectivity index (χ1n) is 10.3. The molecule has 1 saturated heterocycles. The first-order chi connectivity index (χ1) is 14.2. The number of aromatic amines is 1. The van der Waals surface area contributed by atoms with Gasteiger partial charge in [0.25, 0.3) is 0 Å². The van der Waals surface area contributed by atoms with Crippen molar-refractivity contribution < 1.29 is 9.53 Å². The normalized spacial score (nSPS) is 15.0. The number of hydrogen-bond acceptors (Lipinski definition) is 3. The van der Waals surface area contributed by atoms with Crippen LogP contribution >= 0.6 is 0 Å². The fourth-order valence-electron chi connectivity index (χ4n) is 4.22. The van der Waals surface area contributed by atoms with E-state index >= 15 is 0 Å². The molecule has 1 aromatic heterocycles. The number of piperidine rings is 1. The molecule has 2 heterocycles. The number of nitrogens with zero attached hydrogens (tertiary/aromatic N) is 2. The van der Waals surface area contributed by atoms with Crippen LogP contribution in [-0.4, -0.2) is 40.1 Å². The van der Waals surface area contributed by atoms with Crippen LogP contribution in [0.15, 0.2) is 53.3 Å². The van der Waals surface area contributed by atoms with E-state index in [1.807, 2.05) is 64.9 Å². The molecule has 1 N–H and O–H groups in total. The number of aromatic nitrogens is 2. The van der Waals surface area contributed by atoms with E-state index < -0.39 is 0 Å². The zero-order chi connectivity index (χ0) is 20.2. The van der Waals surface area contributed by atoms with Gasteiger partial charge in [-0.05, 0) is 49.9 Å². The lowest BCUT2D eigenvalue weighted by atomic mass is 10.0. The third kappa shape index (κ3) is 4.06. The summed E-state index contributed by atoms with van der Waals surface area (Å²) in [6, 6.07) is 15.8. The van der Waals surface area contributed by atoms with Gasteiger partial charge in [0.05, 0.1) is 17.6 Å². The highest BCUT2D eigenvalue weighted by Crippen LogP contribution is 2.26. The van der Waals surface area contributed by atoms with Gasteiger partial charge in [0, 0.05) is 25.6 Å². The lowest BCUT2D eigenvalue weighted by molar-refractivity contribution is -0.132. The molecule has 0 atom stereocenters. The van der Waals surface area contributed by atoms with Crippen molar-refractivity contribution >= 4 is 16.9 Å². The summed E-state index contributed by atoms with van der Waals surface area (Å²) in [6.07, 6.45) is 2.74. The molecule has 2 aromatic carbocycles. The van der Waals surface area contributed by atoms with E-state index in [1.54, 1.807) is 0 Å². The molecule has 0 bridgehead atoms. The van der Waals surface area contributed by atoms with Crippen molar-refractivity contribution in [2.75, 3.05) is 19.7 Å². The Kier molecular flexibility index (Phi) is 5.69. The Labute approximate surface area is 170 Å². The molecule has 0 unspecified atom stereocenters. The summed E-state index contributed by atoms with van der Waals surface area (Å²) in [7, 11) is 0. The summed E-state index contributed by atoms with van der Waals surface area (Å²) < 4.78 is 7.51. The Morgan fingerprint density at radius 1 is 1.10 bits per heavy atom. The smallest absolute Gasteiger partial charge is 0.326 e. The van der Waals surface area contributed by atoms with Gasteiger partial charge in [-0.15, -0.1) is 0 Å². The Morgan fingerprint density at radius 2 is 1.83 bits per heavy atom. The average molecular weight is 393 g/mol. The number of hydrogen-bond donors (Lipinski definition) is 1. The Bertz CT molecular complexity index is 1040. The molecule has 6 heteroatoms. The van der Waals surface area contributed by atoms with Crippen LogP contribution in [0.2, 0.25) is 0 Å². The summed E-state index contributed by atoms with van der Waals surface area (Å²) in [4.78, 5) is 30.0. The van der Waals surface area contributed by atoms with Crippen LogP contribution in [0.1, 0.15) is 37.8 Å². The molecular weight excluding hydrogens is 366 g/mol. The van der Waals surface area contributed by atoms with E-state index in [4.69, 9.17) is 4.74 Å². The summed E-state index contributed by atoms with van der Waals surface area (Å²) in [6.45, 7) is 3.95. The van der Waals surface area contributed by atoms with Crippen molar-refractivity contribution in [1.82, 2.24) is 14.5 Å². The molecule has 1 aliphatic heterocycles. The lowest BCUT2D eigenvalue weighted by Gasteiger charge is -2.32. The largest absolute Gasteiger partial charge is 0.494 e. The minimum Gasteiger partial charge on any atom is -0.494 e. The summed E-state index contributed by atoms with van der Waals surface area (Å²) in [5.74, 6) is 1.03. The molecule has 0 radical (unpaired) electrons. The van der Waals surface area contributed by atoms with Crippen LogP contribution in [-0.2, 0) is 11.2 Å². The fraction of sp³-hybridized carbons (Fsp3) is 0.391. The van der Waals surface area contributed by atoms with Gasteiger partial charge >= 0.3 is 5.69 Å². The Balaban J connectivity index is 1.36. The van der Waals surface area contributed by atoms with Crippen LogP contribution in [0.25, 0.3) is 11.0 Å². The van der Waals surface area contributed by atoms with Crippen LogP contribution in [0.5, 0.6) is 5.75 Å². The molecule has 29 heavy (non-hydrogen) atoms. The minimum absolute atomic E-state index is 0.0662. The number of rotatable bonds is 6. The van der Waals surface area contributed by atoms with E-state index in [0.29, 0.717) is 32.5 Å². The van der Waals surface area contributed by atoms with Gasteiger partial charge in [-0.1, -0.05) is 30.3 Å². The van der Waals surface area contributed by atoms with Crippen molar-refractivity contribution in [2.24, 2.45) is 0 Å². The van der Waals surface area contributed by atoms with Crippen LogP contribution in [0.3, 0.4) is 0 Å². The summed E-state index contributed by atoms with van der Waals surface area (Å²) in [5, 5.41) is 0. The quantitative estimate of drug-likeness (QED) is 0.697. The van der Waals surface area contributed by atoms with E-state index in [0.717, 1.165) is 35.2 Å². The number of amides is 1. The maximum absolute atomic E-state index is 12.7. The van der Waals surface area contributed by atoms with Gasteiger partial charge in [0.1, 0.15) is 5.75 Å². The SMILES string of the molecule is CCOc1ccccc1CCC(=O)N1CCC(n2c(=O)[nH]c3ccccc32)CC1. The molecule has 0 spiro atoms. The fourth-order valence-corrected chi connectivity index (χ4v) is 4.22. The van der Waals surface area contributed by atoms with Gasteiger partial charge in [-0.25, -0.2) is 4.79 Å². The van der Waals surface area contributed by atoms with E-state index in [9.17, 15) is 9.59 Å². The van der Waals surface area contributed by atoms with E-state index in [-0.39, 0.29) is 17.6 Å². The number of H-pyrrole nitrogens is 1. The number of para-hydroxylation sites is 3. The molecule has 6 nitrogen and oxygen atoms in total. The number of carbonyl (C=O) groups is 1. The predicted molar refractivity (Wildman–Crippen MR) is 113 cm³/mol. The highest BCUT2D eigenvalue weighted by atomic mass is 16.5. The standard InChI is InChI=1S/C23H27N3O3/c1-2-29-21-10-6-3-7-17(21)11-12-22(27)25-15-13-18(14-16-25)26-20-9-5-4-8-19(20)24-23(26)28/h3-10,18H,2,11-16H2,1H3,(H,24,28). The Hall–Kier alpha value is -3.02. The first-order valence-corrected chi connectivity index (χ1v) is 10.3. The monoisotopic (exact) mass is 393 g/mol. The van der Waals surface area contributed by atoms with Crippen LogP contribution in [0.4, 0.5) is 0 Å². The van der Waals surface area contributed by atoms with Crippen molar-refractivity contribution in [3.8, 4) is 5.75 Å². The summed E-state index contributed by atoms with van der Waals surface area (Å²) in [5.41, 5.74) is 2.81. The molecule has 1 aliphatic rings. The highest BCUT2D eigenvalue weighted by Gasteiger charge is 2.26. The molecule has 1 fully saturated rings. The number of ether oxygens (including phenoxy) is 1. The van der Waals surface area contributed by atoms with Crippen molar-refractivity contribution in [1.29, 1.82) is 0 Å². The molecule has 0 aliphatic carbocycles. The molecule has 152 valence electrons. The summed E-state index contributed by atoms with van der Waals surface area (Å²) >= 11 is 0. The zero-order valence-corrected chi connectivity index (χ0v) is 16.8. The van der Waals surface area contributed by atoms with Gasteiger partial charge < -0.3 is 14.6 Å². The molecule has 4 rings (SSSR count). The van der Waals surface area contributed by atoms with Crippen LogP contribution < -0.4 is 10.4 Å². The minimum atomic E-state index is -0.0662. The number of aryl methyl sites for hydroxylation is 1. The number of likely N-dealkylation sites (tertiary alicyclic amines) is 1. The number of nitrogens with one attached hydrogen (secondary N) is 1. The molecule has 3 aromatic rings. The zero-order valence-electron chi connectivity index (χ0n) is 16.8. The number of benzene rings is 2. The topological polar surface area (TPSA) is 67.3 Å². The van der Waals surface area contributed by atoms with Gasteiger partial charge in [0.15, 0.2) is 0 Å². The molecular formula is C23H27N3O3. The van der Waals surface area contributed by atoms with E-state index in [1.165, 1.54) is 0 Å². The third-order valence-corrected chi connectivity index (χ3v) is 5.69. The first kappa shape index (κ1) is 19.3. The number of carbonyl (C=O) groups excluding carboxylic acids is 1. The number of imidazole rings is 1. The average Bonchev–Trinajstić information content (AvgIpc) is 3.09. The second-order valence-corrected chi connectivity index (χ2v) is 7.47. The van der Waals surface area contributed by atoms with Gasteiger partial charge in [0.2, 0.25) is 5.91 Å².